The number of rotatable bonds is 3. The number of fused-ring (bicyclic) bond motifs is 2. The molecule has 1 fully saturated rings. The van der Waals surface area contributed by atoms with E-state index in [1.54, 1.807) is 47.4 Å². The van der Waals surface area contributed by atoms with Crippen molar-refractivity contribution in [3.8, 4) is 0 Å². The summed E-state index contributed by atoms with van der Waals surface area (Å²) in [7, 11) is 0. The van der Waals surface area contributed by atoms with Crippen molar-refractivity contribution < 1.29 is 27.7 Å². The van der Waals surface area contributed by atoms with E-state index in [1.165, 1.54) is 0 Å². The standard InChI is InChI=1S/C25H18F3N3O4/c26-25(27,28)15-5-8-21(22(13-15)31(34)35)30-11-9-29(10-12-30)16-6-7-19-20(14-16)24(33)18-4-2-1-3-17(18)23(19)32/h1-8,13-14H,9-12H2. The number of piperazine rings is 1. The zero-order valence-electron chi connectivity index (χ0n) is 18.2. The van der Waals surface area contributed by atoms with Gasteiger partial charge in [-0.3, -0.25) is 19.7 Å². The number of carbonyl (C=O) groups is 2. The molecule has 0 bridgehead atoms. The summed E-state index contributed by atoms with van der Waals surface area (Å²) in [4.78, 5) is 40.1. The number of hydrogen-bond acceptors (Lipinski definition) is 6. The Morgan fingerprint density at radius 3 is 1.91 bits per heavy atom. The molecule has 1 heterocycles. The number of halogens is 3. The van der Waals surface area contributed by atoms with Crippen molar-refractivity contribution in [2.24, 2.45) is 0 Å². The third kappa shape index (κ3) is 3.90. The molecule has 7 nitrogen and oxygen atoms in total. The molecule has 3 aromatic rings. The maximum atomic E-state index is 13.0. The van der Waals surface area contributed by atoms with Crippen molar-refractivity contribution in [1.82, 2.24) is 0 Å². The van der Waals surface area contributed by atoms with Crippen molar-refractivity contribution >= 4 is 28.6 Å². The van der Waals surface area contributed by atoms with Crippen LogP contribution in [0, 0.1) is 10.1 Å². The van der Waals surface area contributed by atoms with E-state index >= 15 is 0 Å². The Balaban J connectivity index is 1.37. The van der Waals surface area contributed by atoms with Crippen molar-refractivity contribution in [1.29, 1.82) is 0 Å². The smallest absolute Gasteiger partial charge is 0.368 e. The second-order valence-corrected chi connectivity index (χ2v) is 8.37. The Morgan fingerprint density at radius 1 is 0.743 bits per heavy atom. The highest BCUT2D eigenvalue weighted by Crippen LogP contribution is 2.37. The Kier molecular flexibility index (Phi) is 5.31. The molecule has 0 spiro atoms. The van der Waals surface area contributed by atoms with Gasteiger partial charge in [0, 0.05) is 60.2 Å². The third-order valence-corrected chi connectivity index (χ3v) is 6.39. The zero-order chi connectivity index (χ0) is 24.9. The normalized spacial score (nSPS) is 15.6. The molecule has 0 aromatic heterocycles. The number of hydrogen-bond donors (Lipinski definition) is 0. The maximum absolute atomic E-state index is 13.0. The first-order chi connectivity index (χ1) is 16.6. The number of carbonyl (C=O) groups excluding carboxylic acids is 2. The van der Waals surface area contributed by atoms with E-state index in [4.69, 9.17) is 0 Å². The summed E-state index contributed by atoms with van der Waals surface area (Å²) in [6, 6.07) is 14.3. The van der Waals surface area contributed by atoms with Crippen LogP contribution in [0.3, 0.4) is 0 Å². The molecule has 5 rings (SSSR count). The van der Waals surface area contributed by atoms with Crippen LogP contribution in [0.1, 0.15) is 37.4 Å². The Labute approximate surface area is 197 Å². The number of alkyl halides is 3. The fraction of sp³-hybridized carbons (Fsp3) is 0.200. The number of anilines is 2. The number of nitro benzene ring substituents is 1. The van der Waals surface area contributed by atoms with E-state index in [9.17, 15) is 32.9 Å². The zero-order valence-corrected chi connectivity index (χ0v) is 18.2. The molecular weight excluding hydrogens is 463 g/mol. The Hall–Kier alpha value is -4.21. The Morgan fingerprint density at radius 2 is 1.31 bits per heavy atom. The lowest BCUT2D eigenvalue weighted by atomic mass is 9.84. The molecule has 10 heteroatoms. The minimum Gasteiger partial charge on any atom is -0.368 e. The average molecular weight is 481 g/mol. The van der Waals surface area contributed by atoms with Gasteiger partial charge in [-0.1, -0.05) is 24.3 Å². The molecule has 0 radical (unpaired) electrons. The monoisotopic (exact) mass is 481 g/mol. The molecule has 0 amide bonds. The van der Waals surface area contributed by atoms with Crippen molar-refractivity contribution in [2.75, 3.05) is 36.0 Å². The molecule has 0 saturated carbocycles. The van der Waals surface area contributed by atoms with Crippen LogP contribution in [-0.2, 0) is 6.18 Å². The highest BCUT2D eigenvalue weighted by atomic mass is 19.4. The first kappa shape index (κ1) is 22.6. The molecule has 3 aromatic carbocycles. The van der Waals surface area contributed by atoms with Gasteiger partial charge in [0.2, 0.25) is 0 Å². The van der Waals surface area contributed by atoms with Crippen LogP contribution < -0.4 is 9.80 Å². The predicted octanol–water partition coefficient (Wildman–Crippen LogP) is 4.72. The fourth-order valence-electron chi connectivity index (χ4n) is 4.60. The van der Waals surface area contributed by atoms with Crippen LogP contribution in [-0.4, -0.2) is 42.7 Å². The first-order valence-electron chi connectivity index (χ1n) is 10.8. The molecule has 2 aliphatic rings. The molecule has 178 valence electrons. The van der Waals surface area contributed by atoms with Gasteiger partial charge in [-0.15, -0.1) is 0 Å². The second-order valence-electron chi connectivity index (χ2n) is 8.37. The maximum Gasteiger partial charge on any atom is 0.416 e. The van der Waals surface area contributed by atoms with E-state index in [0.717, 1.165) is 17.8 Å². The van der Waals surface area contributed by atoms with Gasteiger partial charge in [0.05, 0.1) is 10.5 Å². The minimum absolute atomic E-state index is 0.130. The fourth-order valence-corrected chi connectivity index (χ4v) is 4.60. The molecule has 35 heavy (non-hydrogen) atoms. The number of nitro groups is 1. The number of benzene rings is 3. The summed E-state index contributed by atoms with van der Waals surface area (Å²) in [5.41, 5.74) is 0.608. The lowest BCUT2D eigenvalue weighted by Gasteiger charge is -2.37. The van der Waals surface area contributed by atoms with Gasteiger partial charge in [0.25, 0.3) is 5.69 Å². The van der Waals surface area contributed by atoms with Crippen LogP contribution in [0.4, 0.5) is 30.2 Å². The van der Waals surface area contributed by atoms with Gasteiger partial charge in [-0.2, -0.15) is 13.2 Å². The van der Waals surface area contributed by atoms with Gasteiger partial charge >= 0.3 is 6.18 Å². The van der Waals surface area contributed by atoms with E-state index in [-0.39, 0.29) is 17.3 Å². The topological polar surface area (TPSA) is 83.8 Å². The predicted molar refractivity (Wildman–Crippen MR) is 122 cm³/mol. The summed E-state index contributed by atoms with van der Waals surface area (Å²) in [6.07, 6.45) is -4.67. The molecule has 0 atom stereocenters. The minimum atomic E-state index is -4.67. The summed E-state index contributed by atoms with van der Waals surface area (Å²) in [5, 5.41) is 11.5. The van der Waals surface area contributed by atoms with Gasteiger partial charge in [-0.05, 0) is 30.3 Å². The van der Waals surface area contributed by atoms with E-state index in [2.05, 4.69) is 0 Å². The highest BCUT2D eigenvalue weighted by molar-refractivity contribution is 6.28. The molecule has 1 aliphatic carbocycles. The largest absolute Gasteiger partial charge is 0.416 e. The molecular formula is C25H18F3N3O4. The first-order valence-corrected chi connectivity index (χ1v) is 10.8. The Bertz CT molecular complexity index is 1380. The van der Waals surface area contributed by atoms with Gasteiger partial charge in [0.1, 0.15) is 5.69 Å². The van der Waals surface area contributed by atoms with Crippen LogP contribution >= 0.6 is 0 Å². The molecule has 1 aliphatic heterocycles. The lowest BCUT2D eigenvalue weighted by molar-refractivity contribution is -0.384. The van der Waals surface area contributed by atoms with Crippen LogP contribution in [0.2, 0.25) is 0 Å². The van der Waals surface area contributed by atoms with Crippen molar-refractivity contribution in [2.45, 2.75) is 6.18 Å². The summed E-state index contributed by atoms with van der Waals surface area (Å²) in [5.74, 6) is -0.433. The van der Waals surface area contributed by atoms with E-state index in [0.29, 0.717) is 54.5 Å². The molecule has 0 N–H and O–H groups in total. The lowest BCUT2D eigenvalue weighted by Crippen LogP contribution is -2.46. The summed E-state index contributed by atoms with van der Waals surface area (Å²) in [6.45, 7) is 1.52. The van der Waals surface area contributed by atoms with Gasteiger partial charge in [-0.25, -0.2) is 0 Å². The SMILES string of the molecule is O=C1c2ccccc2C(=O)c2cc(N3CCN(c4ccc(C(F)(F)F)cc4[N+](=O)[O-])CC3)ccc21. The third-order valence-electron chi connectivity index (χ3n) is 6.39. The highest BCUT2D eigenvalue weighted by Gasteiger charge is 2.35. The van der Waals surface area contributed by atoms with E-state index < -0.39 is 22.4 Å². The van der Waals surface area contributed by atoms with Crippen molar-refractivity contribution in [3.63, 3.8) is 0 Å². The average Bonchev–Trinajstić information content (AvgIpc) is 2.86. The quantitative estimate of drug-likeness (QED) is 0.311. The number of nitrogens with zero attached hydrogens (tertiary/aromatic N) is 3. The molecule has 0 unspecified atom stereocenters. The van der Waals surface area contributed by atoms with Gasteiger partial charge < -0.3 is 9.80 Å². The summed E-state index contributed by atoms with van der Waals surface area (Å²) >= 11 is 0. The second kappa shape index (κ2) is 8.23. The van der Waals surface area contributed by atoms with Crippen molar-refractivity contribution in [3.05, 3.63) is 98.6 Å². The van der Waals surface area contributed by atoms with Crippen LogP contribution in [0.5, 0.6) is 0 Å². The van der Waals surface area contributed by atoms with E-state index in [1.807, 2.05) is 4.90 Å². The van der Waals surface area contributed by atoms with Crippen LogP contribution in [0.25, 0.3) is 0 Å². The van der Waals surface area contributed by atoms with Gasteiger partial charge in [0.15, 0.2) is 11.6 Å². The van der Waals surface area contributed by atoms with Crippen LogP contribution in [0.15, 0.2) is 60.7 Å². The number of ketones is 2. The summed E-state index contributed by atoms with van der Waals surface area (Å²) < 4.78 is 39.0. The molecule has 1 saturated heterocycles.